The number of aliphatic hydroxyl groups excluding tert-OH is 1. The van der Waals surface area contributed by atoms with Crippen molar-refractivity contribution in [2.45, 2.75) is 38.7 Å². The average molecular weight is 257 g/mol. The van der Waals surface area contributed by atoms with Crippen LogP contribution < -0.4 is 0 Å². The Morgan fingerprint density at radius 2 is 1.94 bits per heavy atom. The summed E-state index contributed by atoms with van der Waals surface area (Å²) in [4.78, 5) is 2.50. The monoisotopic (exact) mass is 257 g/mol. The molecule has 4 heteroatoms. The highest BCUT2D eigenvalue weighted by Gasteiger charge is 2.34. The number of hydrogen-bond acceptors (Lipinski definition) is 4. The molecule has 0 unspecified atom stereocenters. The van der Waals surface area contributed by atoms with Gasteiger partial charge >= 0.3 is 0 Å². The number of piperidine rings is 1. The Kier molecular flexibility index (Phi) is 5.42. The van der Waals surface area contributed by atoms with Crippen molar-refractivity contribution in [3.63, 3.8) is 0 Å². The summed E-state index contributed by atoms with van der Waals surface area (Å²) in [6.45, 7) is 8.01. The Bertz CT molecular complexity index is 233. The second-order valence-electron chi connectivity index (χ2n) is 5.70. The Balaban J connectivity index is 1.79. The molecule has 0 aromatic carbocycles. The fraction of sp³-hybridized carbons (Fsp3) is 1.00. The van der Waals surface area contributed by atoms with E-state index in [-0.39, 0.29) is 5.41 Å². The number of ether oxygens (including phenoxy) is 2. The van der Waals surface area contributed by atoms with Crippen molar-refractivity contribution in [2.24, 2.45) is 5.41 Å². The van der Waals surface area contributed by atoms with Crippen LogP contribution in [0.4, 0.5) is 0 Å². The van der Waals surface area contributed by atoms with Gasteiger partial charge in [-0.3, -0.25) is 0 Å². The number of hydrogen-bond donors (Lipinski definition) is 1. The molecule has 2 aliphatic heterocycles. The molecule has 0 bridgehead atoms. The van der Waals surface area contributed by atoms with E-state index in [9.17, 15) is 5.11 Å². The van der Waals surface area contributed by atoms with Gasteiger partial charge in [0.25, 0.3) is 0 Å². The van der Waals surface area contributed by atoms with Crippen molar-refractivity contribution in [2.75, 3.05) is 46.1 Å². The maximum Gasteiger partial charge on any atom is 0.0599 e. The van der Waals surface area contributed by atoms with Gasteiger partial charge in [0.2, 0.25) is 0 Å². The van der Waals surface area contributed by atoms with Crippen molar-refractivity contribution < 1.29 is 14.6 Å². The lowest BCUT2D eigenvalue weighted by molar-refractivity contribution is -0.0483. The lowest BCUT2D eigenvalue weighted by atomic mass is 9.80. The summed E-state index contributed by atoms with van der Waals surface area (Å²) in [6, 6.07) is 0. The molecule has 1 N–H and O–H groups in total. The summed E-state index contributed by atoms with van der Waals surface area (Å²) in [5.41, 5.74) is 0.0801. The molecule has 18 heavy (non-hydrogen) atoms. The predicted octanol–water partition coefficient (Wildman–Crippen LogP) is 1.28. The molecule has 4 nitrogen and oxygen atoms in total. The van der Waals surface area contributed by atoms with Gasteiger partial charge < -0.3 is 19.5 Å². The number of aliphatic hydroxyl groups is 1. The zero-order chi connectivity index (χ0) is 12.8. The molecule has 0 saturated carbocycles. The molecule has 0 aromatic heterocycles. The minimum absolute atomic E-state index is 0.0801. The first-order valence-corrected chi connectivity index (χ1v) is 7.30. The van der Waals surface area contributed by atoms with Gasteiger partial charge in [-0.05, 0) is 32.6 Å². The van der Waals surface area contributed by atoms with Crippen LogP contribution in [0.15, 0.2) is 0 Å². The Morgan fingerprint density at radius 1 is 1.28 bits per heavy atom. The average Bonchev–Trinajstić information content (AvgIpc) is 2.42. The molecule has 2 heterocycles. The summed E-state index contributed by atoms with van der Waals surface area (Å²) in [5, 5.41) is 9.70. The van der Waals surface area contributed by atoms with E-state index in [4.69, 9.17) is 9.47 Å². The van der Waals surface area contributed by atoms with Crippen LogP contribution in [0.1, 0.15) is 32.6 Å². The molecule has 0 radical (unpaired) electrons. The zero-order valence-electron chi connectivity index (χ0n) is 11.6. The van der Waals surface area contributed by atoms with Gasteiger partial charge in [-0.2, -0.15) is 0 Å². The summed E-state index contributed by atoms with van der Waals surface area (Å²) < 4.78 is 11.1. The van der Waals surface area contributed by atoms with Crippen LogP contribution in [0.3, 0.4) is 0 Å². The molecule has 2 saturated heterocycles. The van der Waals surface area contributed by atoms with E-state index in [1.807, 2.05) is 0 Å². The van der Waals surface area contributed by atoms with Gasteiger partial charge in [0, 0.05) is 44.9 Å². The van der Waals surface area contributed by atoms with Crippen LogP contribution in [-0.4, -0.2) is 62.2 Å². The maximum atomic E-state index is 9.70. The predicted molar refractivity (Wildman–Crippen MR) is 70.7 cm³/mol. The molecule has 0 atom stereocenters. The highest BCUT2D eigenvalue weighted by atomic mass is 16.5. The van der Waals surface area contributed by atoms with E-state index in [1.165, 1.54) is 0 Å². The van der Waals surface area contributed by atoms with E-state index in [0.717, 1.165) is 65.1 Å². The van der Waals surface area contributed by atoms with Crippen LogP contribution in [0.5, 0.6) is 0 Å². The molecule has 0 aliphatic carbocycles. The number of nitrogens with zero attached hydrogens (tertiary/aromatic N) is 1. The second-order valence-corrected chi connectivity index (χ2v) is 5.70. The first-order chi connectivity index (χ1) is 8.78. The molecule has 2 aliphatic rings. The van der Waals surface area contributed by atoms with Gasteiger partial charge in [-0.25, -0.2) is 0 Å². The van der Waals surface area contributed by atoms with Crippen molar-refractivity contribution in [3.8, 4) is 0 Å². The normalized spacial score (nSPS) is 26.3. The first kappa shape index (κ1) is 14.3. The van der Waals surface area contributed by atoms with E-state index < -0.39 is 0 Å². The Morgan fingerprint density at radius 3 is 2.50 bits per heavy atom. The lowest BCUT2D eigenvalue weighted by Gasteiger charge is -2.42. The van der Waals surface area contributed by atoms with E-state index in [1.54, 1.807) is 0 Å². The van der Waals surface area contributed by atoms with Gasteiger partial charge in [0.05, 0.1) is 12.7 Å². The number of rotatable bonds is 5. The third kappa shape index (κ3) is 3.67. The fourth-order valence-corrected chi connectivity index (χ4v) is 3.11. The summed E-state index contributed by atoms with van der Waals surface area (Å²) in [7, 11) is 0. The fourth-order valence-electron chi connectivity index (χ4n) is 3.11. The molecular weight excluding hydrogens is 230 g/mol. The smallest absolute Gasteiger partial charge is 0.0599 e. The quantitative estimate of drug-likeness (QED) is 0.805. The molecule has 2 fully saturated rings. The first-order valence-electron chi connectivity index (χ1n) is 7.30. The van der Waals surface area contributed by atoms with Crippen LogP contribution in [0.2, 0.25) is 0 Å². The maximum absolute atomic E-state index is 9.70. The summed E-state index contributed by atoms with van der Waals surface area (Å²) in [5.74, 6) is 0. The highest BCUT2D eigenvalue weighted by molar-refractivity contribution is 4.86. The standard InChI is InChI=1S/C14H27NO3/c1-2-18-13-3-7-15(8-4-13)11-14(12-16)5-9-17-10-6-14/h13,16H,2-12H2,1H3. The second kappa shape index (κ2) is 6.85. The van der Waals surface area contributed by atoms with Crippen LogP contribution >= 0.6 is 0 Å². The van der Waals surface area contributed by atoms with Crippen molar-refractivity contribution in [1.82, 2.24) is 4.90 Å². The van der Waals surface area contributed by atoms with Crippen LogP contribution in [-0.2, 0) is 9.47 Å². The lowest BCUT2D eigenvalue weighted by Crippen LogP contribution is -2.47. The van der Waals surface area contributed by atoms with Gasteiger partial charge in [-0.1, -0.05) is 0 Å². The number of likely N-dealkylation sites (tertiary alicyclic amines) is 1. The van der Waals surface area contributed by atoms with Gasteiger partial charge in [0.15, 0.2) is 0 Å². The molecule has 2 rings (SSSR count). The SMILES string of the molecule is CCOC1CCN(CC2(CO)CCOCC2)CC1. The Hall–Kier alpha value is -0.160. The molecular formula is C14H27NO3. The zero-order valence-corrected chi connectivity index (χ0v) is 11.6. The largest absolute Gasteiger partial charge is 0.396 e. The van der Waals surface area contributed by atoms with E-state index in [0.29, 0.717) is 12.7 Å². The van der Waals surface area contributed by atoms with Crippen molar-refractivity contribution >= 4 is 0 Å². The van der Waals surface area contributed by atoms with Gasteiger partial charge in [-0.15, -0.1) is 0 Å². The topological polar surface area (TPSA) is 41.9 Å². The summed E-state index contributed by atoms with van der Waals surface area (Å²) in [6.07, 6.45) is 4.70. The van der Waals surface area contributed by atoms with E-state index >= 15 is 0 Å². The Labute approximate surface area is 110 Å². The summed E-state index contributed by atoms with van der Waals surface area (Å²) >= 11 is 0. The third-order valence-corrected chi connectivity index (χ3v) is 4.38. The van der Waals surface area contributed by atoms with Crippen molar-refractivity contribution in [3.05, 3.63) is 0 Å². The van der Waals surface area contributed by atoms with Crippen LogP contribution in [0.25, 0.3) is 0 Å². The van der Waals surface area contributed by atoms with Crippen LogP contribution in [0, 0.1) is 5.41 Å². The molecule has 0 amide bonds. The third-order valence-electron chi connectivity index (χ3n) is 4.38. The van der Waals surface area contributed by atoms with Crippen molar-refractivity contribution in [1.29, 1.82) is 0 Å². The highest BCUT2D eigenvalue weighted by Crippen LogP contribution is 2.32. The minimum Gasteiger partial charge on any atom is -0.396 e. The minimum atomic E-state index is 0.0801. The van der Waals surface area contributed by atoms with E-state index in [2.05, 4.69) is 11.8 Å². The molecule has 106 valence electrons. The van der Waals surface area contributed by atoms with Gasteiger partial charge in [0.1, 0.15) is 0 Å². The molecule has 0 aromatic rings. The molecule has 0 spiro atoms.